The zero-order valence-electron chi connectivity index (χ0n) is 12.1. The van der Waals surface area contributed by atoms with Gasteiger partial charge >= 0.3 is 0 Å². The molecular weight excluding hydrogens is 254 g/mol. The Morgan fingerprint density at radius 1 is 1.50 bits per heavy atom. The van der Waals surface area contributed by atoms with E-state index in [1.165, 1.54) is 5.56 Å². The fraction of sp³-hybridized carbons (Fsp3) is 0.533. The maximum absolute atomic E-state index is 9.94. The molecule has 0 bridgehead atoms. The number of aliphatic hydroxyl groups is 1. The molecule has 0 aromatic heterocycles. The number of β-amino-alcohol motifs (C(OH)–C–C–N with tert-alkyl or cyclic N) is 1. The molecule has 1 aliphatic heterocycles. The van der Waals surface area contributed by atoms with E-state index < -0.39 is 0 Å². The maximum atomic E-state index is 9.94. The number of hydrogen-bond acceptors (Lipinski definition) is 4. The Kier molecular flexibility index (Phi) is 4.62. The minimum atomic E-state index is -0.236. The Bertz CT molecular complexity index is 502. The van der Waals surface area contributed by atoms with Gasteiger partial charge in [0.05, 0.1) is 6.10 Å². The first kappa shape index (κ1) is 14.8. The highest BCUT2D eigenvalue weighted by molar-refractivity contribution is 5.97. The molecular formula is C15H23N3O2. The van der Waals surface area contributed by atoms with Crippen LogP contribution in [0, 0.1) is 12.8 Å². The summed E-state index contributed by atoms with van der Waals surface area (Å²) < 4.78 is 0. The first-order valence-electron chi connectivity index (χ1n) is 6.99. The molecule has 5 nitrogen and oxygen atoms in total. The molecule has 1 fully saturated rings. The van der Waals surface area contributed by atoms with Gasteiger partial charge in [-0.15, -0.1) is 0 Å². The molecule has 2 atom stereocenters. The predicted octanol–water partition coefficient (Wildman–Crippen LogP) is 1.29. The quantitative estimate of drug-likeness (QED) is 0.336. The minimum Gasteiger partial charge on any atom is -0.409 e. The van der Waals surface area contributed by atoms with Crippen molar-refractivity contribution in [3.05, 3.63) is 34.9 Å². The van der Waals surface area contributed by atoms with Crippen molar-refractivity contribution in [1.29, 1.82) is 0 Å². The summed E-state index contributed by atoms with van der Waals surface area (Å²) in [6.07, 6.45) is 0.795. The zero-order valence-corrected chi connectivity index (χ0v) is 12.1. The number of amidine groups is 1. The van der Waals surface area contributed by atoms with E-state index in [1.54, 1.807) is 0 Å². The van der Waals surface area contributed by atoms with Crippen LogP contribution in [0.15, 0.2) is 23.4 Å². The summed E-state index contributed by atoms with van der Waals surface area (Å²) >= 11 is 0. The fourth-order valence-corrected chi connectivity index (χ4v) is 2.59. The number of aliphatic hydroxyl groups excluding tert-OH is 1. The summed E-state index contributed by atoms with van der Waals surface area (Å²) in [5.41, 5.74) is 8.63. The number of aryl methyl sites for hydroxylation is 1. The molecule has 1 heterocycles. The highest BCUT2D eigenvalue weighted by atomic mass is 16.4. The van der Waals surface area contributed by atoms with Crippen LogP contribution >= 0.6 is 0 Å². The maximum Gasteiger partial charge on any atom is 0.170 e. The van der Waals surface area contributed by atoms with Crippen LogP contribution in [0.1, 0.15) is 30.0 Å². The van der Waals surface area contributed by atoms with E-state index >= 15 is 0 Å². The summed E-state index contributed by atoms with van der Waals surface area (Å²) in [7, 11) is 0. The van der Waals surface area contributed by atoms with Gasteiger partial charge in [-0.25, -0.2) is 0 Å². The molecule has 1 aromatic rings. The van der Waals surface area contributed by atoms with Crippen LogP contribution in [0.25, 0.3) is 0 Å². The number of piperidine rings is 1. The molecule has 1 aromatic carbocycles. The van der Waals surface area contributed by atoms with E-state index in [1.807, 2.05) is 25.1 Å². The van der Waals surface area contributed by atoms with Crippen molar-refractivity contribution in [2.45, 2.75) is 32.9 Å². The number of nitrogens with zero attached hydrogens (tertiary/aromatic N) is 2. The SMILES string of the molecule is Cc1cc(/C(N)=N/O)ccc1CN1CCC(C)C(O)C1. The summed E-state index contributed by atoms with van der Waals surface area (Å²) in [6, 6.07) is 5.79. The molecule has 1 aliphatic rings. The van der Waals surface area contributed by atoms with E-state index in [-0.39, 0.29) is 11.9 Å². The van der Waals surface area contributed by atoms with Crippen LogP contribution in [0.3, 0.4) is 0 Å². The monoisotopic (exact) mass is 277 g/mol. The van der Waals surface area contributed by atoms with Crippen molar-refractivity contribution in [3.8, 4) is 0 Å². The van der Waals surface area contributed by atoms with Crippen molar-refractivity contribution >= 4 is 5.84 Å². The van der Waals surface area contributed by atoms with Crippen molar-refractivity contribution < 1.29 is 10.3 Å². The minimum absolute atomic E-state index is 0.127. The summed E-state index contributed by atoms with van der Waals surface area (Å²) in [5.74, 6) is 0.511. The third-order valence-corrected chi connectivity index (χ3v) is 4.14. The Morgan fingerprint density at radius 2 is 2.25 bits per heavy atom. The van der Waals surface area contributed by atoms with Crippen molar-refractivity contribution in [2.24, 2.45) is 16.8 Å². The summed E-state index contributed by atoms with van der Waals surface area (Å²) in [5, 5.41) is 21.6. The second-order valence-corrected chi connectivity index (χ2v) is 5.69. The van der Waals surface area contributed by atoms with Crippen molar-refractivity contribution in [2.75, 3.05) is 13.1 Å². The van der Waals surface area contributed by atoms with Crippen molar-refractivity contribution in [3.63, 3.8) is 0 Å². The molecule has 0 radical (unpaired) electrons. The molecule has 2 unspecified atom stereocenters. The second kappa shape index (κ2) is 6.24. The van der Waals surface area contributed by atoms with E-state index in [0.29, 0.717) is 5.92 Å². The Labute approximate surface area is 119 Å². The zero-order chi connectivity index (χ0) is 14.7. The third kappa shape index (κ3) is 3.29. The second-order valence-electron chi connectivity index (χ2n) is 5.69. The number of hydrogen-bond donors (Lipinski definition) is 3. The molecule has 20 heavy (non-hydrogen) atoms. The van der Waals surface area contributed by atoms with Gasteiger partial charge in [0.25, 0.3) is 0 Å². The van der Waals surface area contributed by atoms with Gasteiger partial charge in [-0.2, -0.15) is 0 Å². The van der Waals surface area contributed by atoms with Crippen molar-refractivity contribution in [1.82, 2.24) is 4.90 Å². The number of oxime groups is 1. The average Bonchev–Trinajstić information content (AvgIpc) is 2.44. The molecule has 0 spiro atoms. The van der Waals surface area contributed by atoms with E-state index in [0.717, 1.165) is 37.2 Å². The molecule has 5 heteroatoms. The lowest BCUT2D eigenvalue weighted by atomic mass is 9.95. The molecule has 0 aliphatic carbocycles. The van der Waals surface area contributed by atoms with E-state index in [4.69, 9.17) is 10.9 Å². The van der Waals surface area contributed by atoms with Gasteiger partial charge in [-0.3, -0.25) is 4.90 Å². The Hall–Kier alpha value is -1.59. The van der Waals surface area contributed by atoms with Gasteiger partial charge in [-0.1, -0.05) is 24.2 Å². The number of nitrogens with two attached hydrogens (primary N) is 1. The number of likely N-dealkylation sites (tertiary alicyclic amines) is 1. The van der Waals surface area contributed by atoms with Crippen LogP contribution in [0.5, 0.6) is 0 Å². The van der Waals surface area contributed by atoms with Gasteiger partial charge in [-0.05, 0) is 43.0 Å². The van der Waals surface area contributed by atoms with Crippen LogP contribution in [-0.2, 0) is 6.54 Å². The lowest BCUT2D eigenvalue weighted by molar-refractivity contribution is 0.0258. The molecule has 2 rings (SSSR count). The average molecular weight is 277 g/mol. The van der Waals surface area contributed by atoms with Crippen LogP contribution < -0.4 is 5.73 Å². The molecule has 1 saturated heterocycles. The number of rotatable bonds is 3. The standard InChI is InChI=1S/C15H23N3O2/c1-10-5-6-18(9-14(10)19)8-13-4-3-12(7-11(13)2)15(16)17-20/h3-4,7,10,14,19-20H,5-6,8-9H2,1-2H3,(H2,16,17). The molecule has 110 valence electrons. The smallest absolute Gasteiger partial charge is 0.170 e. The fourth-order valence-electron chi connectivity index (χ4n) is 2.59. The lowest BCUT2D eigenvalue weighted by Gasteiger charge is -2.34. The predicted molar refractivity (Wildman–Crippen MR) is 78.8 cm³/mol. The van der Waals surface area contributed by atoms with Gasteiger partial charge in [0, 0.05) is 18.7 Å². The number of benzene rings is 1. The topological polar surface area (TPSA) is 82.1 Å². The van der Waals surface area contributed by atoms with Gasteiger partial charge in [0.15, 0.2) is 5.84 Å². The van der Waals surface area contributed by atoms with Gasteiger partial charge in [0.1, 0.15) is 0 Å². The van der Waals surface area contributed by atoms with Gasteiger partial charge in [0.2, 0.25) is 0 Å². The first-order valence-corrected chi connectivity index (χ1v) is 6.99. The first-order chi connectivity index (χ1) is 9.51. The molecule has 0 saturated carbocycles. The normalized spacial score (nSPS) is 24.9. The van der Waals surface area contributed by atoms with E-state index in [2.05, 4.69) is 17.0 Å². The summed E-state index contributed by atoms with van der Waals surface area (Å²) in [4.78, 5) is 2.27. The van der Waals surface area contributed by atoms with Gasteiger partial charge < -0.3 is 16.0 Å². The van der Waals surface area contributed by atoms with E-state index in [9.17, 15) is 5.11 Å². The third-order valence-electron chi connectivity index (χ3n) is 4.14. The largest absolute Gasteiger partial charge is 0.409 e. The molecule has 0 amide bonds. The van der Waals surface area contributed by atoms with Crippen LogP contribution in [-0.4, -0.2) is 40.2 Å². The molecule has 4 N–H and O–H groups in total. The van der Waals surface area contributed by atoms with Crippen LogP contribution in [0.4, 0.5) is 0 Å². The lowest BCUT2D eigenvalue weighted by Crippen LogP contribution is -2.42. The highest BCUT2D eigenvalue weighted by Gasteiger charge is 2.24. The Balaban J connectivity index is 2.07. The Morgan fingerprint density at radius 3 is 2.85 bits per heavy atom. The summed E-state index contributed by atoms with van der Waals surface area (Å²) in [6.45, 7) is 6.68. The van der Waals surface area contributed by atoms with Crippen LogP contribution in [0.2, 0.25) is 0 Å². The highest BCUT2D eigenvalue weighted by Crippen LogP contribution is 2.20.